The van der Waals surface area contributed by atoms with Gasteiger partial charge in [0.25, 0.3) is 16.1 Å². The molecule has 0 radical (unpaired) electrons. The summed E-state index contributed by atoms with van der Waals surface area (Å²) in [5, 5.41) is 51.4. The zero-order chi connectivity index (χ0) is 32.5. The lowest BCUT2D eigenvalue weighted by molar-refractivity contribution is -0.432. The maximum absolute atomic E-state index is 11.1. The van der Waals surface area contributed by atoms with Crippen LogP contribution in [0.1, 0.15) is 0 Å². The molecule has 45 heavy (non-hydrogen) atoms. The number of aliphatic hydroxyl groups excluding tert-OH is 3. The van der Waals surface area contributed by atoms with Crippen LogP contribution < -0.4 is 26.2 Å². The Hall–Kier alpha value is -4.07. The molecular weight excluding hydrogens is 640 g/mol. The Morgan fingerprint density at radius 1 is 0.867 bits per heavy atom. The van der Waals surface area contributed by atoms with E-state index >= 15 is 0 Å². The van der Waals surface area contributed by atoms with E-state index in [4.69, 9.17) is 14.9 Å². The molecule has 9 N–H and O–H groups in total. The second-order valence-corrected chi connectivity index (χ2v) is 10.7. The van der Waals surface area contributed by atoms with Crippen molar-refractivity contribution in [1.29, 1.82) is 0 Å². The van der Waals surface area contributed by atoms with Crippen LogP contribution >= 0.6 is 12.0 Å². The molecule has 0 bridgehead atoms. The quantitative estimate of drug-likeness (QED) is 0.0177. The first-order valence-corrected chi connectivity index (χ1v) is 15.5. The van der Waals surface area contributed by atoms with Crippen molar-refractivity contribution in [1.82, 2.24) is 29.9 Å². The molecule has 0 unspecified atom stereocenters. The average molecular weight is 673 g/mol. The zero-order valence-corrected chi connectivity index (χ0v) is 25.1. The largest absolute Gasteiger partial charge is 0.395 e. The maximum atomic E-state index is 11.1. The third kappa shape index (κ3) is 13.2. The Kier molecular flexibility index (Phi) is 14.7. The highest BCUT2D eigenvalue weighted by Crippen LogP contribution is 2.23. The van der Waals surface area contributed by atoms with Crippen LogP contribution in [0.15, 0.2) is 29.3 Å². The van der Waals surface area contributed by atoms with Crippen molar-refractivity contribution in [2.45, 2.75) is 0 Å². The molecule has 0 aliphatic rings. The SMILES string of the molecule is O=S(=O)(O)CCNc1nc(Nc2cccc(Nc3nc(/N=C\CSOOO)nc(NCCO)n3)c2)nc(N(CCO)CCO)n1. The number of aromatic nitrogens is 6. The fourth-order valence-electron chi connectivity index (χ4n) is 3.34. The summed E-state index contributed by atoms with van der Waals surface area (Å²) in [4.78, 5) is 31.2. The second kappa shape index (κ2) is 18.7. The van der Waals surface area contributed by atoms with E-state index in [0.717, 1.165) is 12.0 Å². The highest BCUT2D eigenvalue weighted by Gasteiger charge is 2.15. The lowest BCUT2D eigenvalue weighted by atomic mass is 10.3. The molecule has 246 valence electrons. The smallest absolute Gasteiger partial charge is 0.266 e. The van der Waals surface area contributed by atoms with E-state index < -0.39 is 15.9 Å². The number of hydrogen-bond acceptors (Lipinski definition) is 21. The van der Waals surface area contributed by atoms with Gasteiger partial charge in [0, 0.05) is 55.8 Å². The molecule has 23 heteroatoms. The molecule has 21 nitrogen and oxygen atoms in total. The van der Waals surface area contributed by atoms with Gasteiger partial charge in [0.05, 0.1) is 31.3 Å². The summed E-state index contributed by atoms with van der Waals surface area (Å²) in [6.07, 6.45) is 1.42. The minimum absolute atomic E-state index is 0.0173. The number of anilines is 7. The molecule has 0 fully saturated rings. The predicted octanol–water partition coefficient (Wildman–Crippen LogP) is -0.190. The van der Waals surface area contributed by atoms with Gasteiger partial charge in [0.15, 0.2) is 0 Å². The summed E-state index contributed by atoms with van der Waals surface area (Å²) in [7, 11) is -4.23. The van der Waals surface area contributed by atoms with Crippen molar-refractivity contribution in [2.24, 2.45) is 4.99 Å². The van der Waals surface area contributed by atoms with Crippen molar-refractivity contribution in [3.05, 3.63) is 24.3 Å². The maximum Gasteiger partial charge on any atom is 0.266 e. The summed E-state index contributed by atoms with van der Waals surface area (Å²) in [6.45, 7) is -0.474. The molecule has 0 amide bonds. The van der Waals surface area contributed by atoms with Crippen LogP contribution in [-0.4, -0.2) is 127 Å². The van der Waals surface area contributed by atoms with Crippen molar-refractivity contribution in [3.8, 4) is 0 Å². The standard InChI is InChI=1S/C22H32N12O9S2/c35-9-4-23-17-28-18(24-5-12-44-43-42-38)30-20(29-17)26-15-2-1-3-16(14-15)27-21-31-19(25-6-13-45(39,40)41)32-22(33-21)34(7-10-36)8-11-37/h1-3,5,14,35-38H,4,6-13H2,(H,39,40,41)(H2,23,26,28,29,30)(H2,25,27,31,32,33)/b24-5-. The summed E-state index contributed by atoms with van der Waals surface area (Å²) >= 11 is 0.771. The Bertz CT molecular complexity index is 1480. The molecule has 0 saturated carbocycles. The molecule has 0 atom stereocenters. The third-order valence-corrected chi connectivity index (χ3v) is 6.27. The van der Waals surface area contributed by atoms with Crippen LogP contribution in [0.25, 0.3) is 0 Å². The number of aliphatic hydroxyl groups is 3. The van der Waals surface area contributed by atoms with E-state index in [2.05, 4.69) is 65.5 Å². The first-order valence-electron chi connectivity index (χ1n) is 13.0. The first kappa shape index (κ1) is 35.4. The van der Waals surface area contributed by atoms with Gasteiger partial charge in [-0.1, -0.05) is 11.1 Å². The summed E-state index contributed by atoms with van der Waals surface area (Å²) in [5.41, 5.74) is 1.03. The summed E-state index contributed by atoms with van der Waals surface area (Å²) < 4.78 is 35.6. The third-order valence-electron chi connectivity index (χ3n) is 5.11. The van der Waals surface area contributed by atoms with Gasteiger partial charge in [-0.3, -0.25) is 4.55 Å². The van der Waals surface area contributed by atoms with Gasteiger partial charge in [0.2, 0.25) is 29.7 Å². The Balaban J connectivity index is 1.84. The fraction of sp³-hybridized carbons (Fsp3) is 0.409. The van der Waals surface area contributed by atoms with Crippen LogP contribution in [0.3, 0.4) is 0 Å². The second-order valence-electron chi connectivity index (χ2n) is 8.43. The summed E-state index contributed by atoms with van der Waals surface area (Å²) in [6, 6.07) is 6.84. The fourth-order valence-corrected chi connectivity index (χ4v) is 3.94. The molecule has 3 rings (SSSR count). The Morgan fingerprint density at radius 2 is 1.47 bits per heavy atom. The van der Waals surface area contributed by atoms with E-state index in [1.165, 1.54) is 11.1 Å². The van der Waals surface area contributed by atoms with Crippen molar-refractivity contribution >= 4 is 75.4 Å². The van der Waals surface area contributed by atoms with Gasteiger partial charge in [0.1, 0.15) is 0 Å². The molecule has 0 aliphatic heterocycles. The zero-order valence-electron chi connectivity index (χ0n) is 23.5. The molecule has 1 aromatic carbocycles. The summed E-state index contributed by atoms with van der Waals surface area (Å²) in [5.74, 6) is 0.0422. The van der Waals surface area contributed by atoms with E-state index in [1.807, 2.05) is 0 Å². The van der Waals surface area contributed by atoms with Gasteiger partial charge in [-0.15, -0.1) is 4.33 Å². The van der Waals surface area contributed by atoms with Crippen LogP contribution in [0.2, 0.25) is 0 Å². The molecule has 2 heterocycles. The number of hydrogen-bond donors (Lipinski definition) is 9. The van der Waals surface area contributed by atoms with Gasteiger partial charge >= 0.3 is 0 Å². The van der Waals surface area contributed by atoms with Crippen LogP contribution in [0, 0.1) is 0 Å². The van der Waals surface area contributed by atoms with Crippen molar-refractivity contribution in [2.75, 3.05) is 83.7 Å². The number of aliphatic imine (C=N–C) groups is 1. The minimum Gasteiger partial charge on any atom is -0.395 e. The number of nitrogens with zero attached hydrogens (tertiary/aromatic N) is 8. The molecule has 0 aliphatic carbocycles. The number of rotatable bonds is 21. The number of benzene rings is 1. The van der Waals surface area contributed by atoms with Gasteiger partial charge < -0.3 is 41.5 Å². The topological polar surface area (TPSA) is 295 Å². The number of nitrogens with one attached hydrogen (secondary N) is 4. The Labute approximate surface area is 261 Å². The average Bonchev–Trinajstić information content (AvgIpc) is 2.99. The molecule has 0 spiro atoms. The predicted molar refractivity (Wildman–Crippen MR) is 165 cm³/mol. The highest BCUT2D eigenvalue weighted by atomic mass is 32.2. The van der Waals surface area contributed by atoms with E-state index in [0.29, 0.717) is 11.4 Å². The lowest BCUT2D eigenvalue weighted by Gasteiger charge is -2.21. The van der Waals surface area contributed by atoms with Gasteiger partial charge in [-0.25, -0.2) is 10.2 Å². The molecular formula is C22H32N12O9S2. The van der Waals surface area contributed by atoms with Gasteiger partial charge in [-0.2, -0.15) is 38.3 Å². The molecule has 0 saturated heterocycles. The van der Waals surface area contributed by atoms with E-state index in [9.17, 15) is 18.6 Å². The molecule has 2 aromatic heterocycles. The molecule has 3 aromatic rings. The van der Waals surface area contributed by atoms with Gasteiger partial charge in [-0.05, 0) is 18.2 Å². The van der Waals surface area contributed by atoms with Crippen LogP contribution in [0.5, 0.6) is 0 Å². The lowest BCUT2D eigenvalue weighted by Crippen LogP contribution is -2.32. The van der Waals surface area contributed by atoms with Crippen LogP contribution in [0.4, 0.5) is 47.1 Å². The van der Waals surface area contributed by atoms with Crippen molar-refractivity contribution < 1.29 is 42.9 Å². The van der Waals surface area contributed by atoms with Crippen LogP contribution in [-0.2, 0) is 19.5 Å². The van der Waals surface area contributed by atoms with E-state index in [-0.39, 0.29) is 87.4 Å². The van der Waals surface area contributed by atoms with E-state index in [1.54, 1.807) is 24.3 Å². The van der Waals surface area contributed by atoms with Crippen molar-refractivity contribution in [3.63, 3.8) is 0 Å². The first-order chi connectivity index (χ1) is 21.7. The normalized spacial score (nSPS) is 11.5. The monoisotopic (exact) mass is 672 g/mol. The Morgan fingerprint density at radius 3 is 2.09 bits per heavy atom. The minimum atomic E-state index is -4.23. The highest BCUT2D eigenvalue weighted by molar-refractivity contribution is 7.95.